The molecule has 0 saturated heterocycles. The molecule has 0 aromatic carbocycles. The molecule has 5 nitrogen and oxygen atoms in total. The van der Waals surface area contributed by atoms with Crippen LogP contribution in [0, 0.1) is 5.92 Å². The molecule has 1 heterocycles. The number of carbonyl (C=O) groups is 1. The van der Waals surface area contributed by atoms with Crippen LogP contribution in [-0.2, 0) is 9.53 Å². The fraction of sp³-hybridized carbons (Fsp3) is 0.615. The second-order valence-electron chi connectivity index (χ2n) is 4.66. The molecule has 1 N–H and O–H groups in total. The van der Waals surface area contributed by atoms with Gasteiger partial charge in [-0.25, -0.2) is 0 Å². The van der Waals surface area contributed by atoms with Gasteiger partial charge in [-0.3, -0.25) is 4.79 Å². The minimum atomic E-state index is -0.118. The number of esters is 1. The fourth-order valence-corrected chi connectivity index (χ4v) is 2.63. The highest BCUT2D eigenvalue weighted by atomic mass is 35.5. The van der Waals surface area contributed by atoms with Gasteiger partial charge in [0.2, 0.25) is 0 Å². The first-order chi connectivity index (χ1) is 9.20. The van der Waals surface area contributed by atoms with E-state index in [0.717, 1.165) is 31.4 Å². The predicted octanol–water partition coefficient (Wildman–Crippen LogP) is 2.66. The van der Waals surface area contributed by atoms with E-state index in [-0.39, 0.29) is 17.9 Å². The molecule has 104 valence electrons. The van der Waals surface area contributed by atoms with Crippen molar-refractivity contribution in [3.63, 3.8) is 0 Å². The maximum atomic E-state index is 11.9. The molecule has 19 heavy (non-hydrogen) atoms. The third kappa shape index (κ3) is 3.80. The van der Waals surface area contributed by atoms with E-state index in [1.807, 2.05) is 6.92 Å². The smallest absolute Gasteiger partial charge is 0.311 e. The first-order valence-electron chi connectivity index (χ1n) is 6.62. The van der Waals surface area contributed by atoms with Gasteiger partial charge in [-0.05, 0) is 19.8 Å². The monoisotopic (exact) mass is 283 g/mol. The molecule has 0 unspecified atom stereocenters. The van der Waals surface area contributed by atoms with Crippen LogP contribution in [0.5, 0.6) is 0 Å². The van der Waals surface area contributed by atoms with Crippen LogP contribution < -0.4 is 5.32 Å². The molecule has 6 heteroatoms. The van der Waals surface area contributed by atoms with Gasteiger partial charge < -0.3 is 10.1 Å². The number of hydrogen-bond donors (Lipinski definition) is 1. The summed E-state index contributed by atoms with van der Waals surface area (Å²) in [6.07, 6.45) is 5.60. The zero-order valence-corrected chi connectivity index (χ0v) is 11.7. The van der Waals surface area contributed by atoms with Crippen LogP contribution in [-0.4, -0.2) is 28.8 Å². The van der Waals surface area contributed by atoms with E-state index >= 15 is 0 Å². The Kier molecular flexibility index (Phi) is 4.96. The van der Waals surface area contributed by atoms with Gasteiger partial charge in [0.15, 0.2) is 5.15 Å². The van der Waals surface area contributed by atoms with E-state index in [0.29, 0.717) is 11.8 Å². The Morgan fingerprint density at radius 3 is 3.05 bits per heavy atom. The Hall–Kier alpha value is -1.36. The topological polar surface area (TPSA) is 64.1 Å². The van der Waals surface area contributed by atoms with Crippen LogP contribution in [0.25, 0.3) is 0 Å². The highest BCUT2D eigenvalue weighted by Crippen LogP contribution is 2.28. The van der Waals surface area contributed by atoms with Crippen molar-refractivity contribution in [1.82, 2.24) is 10.2 Å². The Labute approximate surface area is 117 Å². The van der Waals surface area contributed by atoms with E-state index in [9.17, 15) is 4.79 Å². The largest absolute Gasteiger partial charge is 0.466 e. The summed E-state index contributed by atoms with van der Waals surface area (Å²) in [5, 5.41) is 11.2. The van der Waals surface area contributed by atoms with Crippen molar-refractivity contribution in [2.75, 3.05) is 11.9 Å². The average molecular weight is 284 g/mol. The zero-order valence-electron chi connectivity index (χ0n) is 10.9. The van der Waals surface area contributed by atoms with Crippen LogP contribution in [0.3, 0.4) is 0 Å². The molecule has 0 amide bonds. The summed E-state index contributed by atoms with van der Waals surface area (Å²) in [5.41, 5.74) is 0.793. The van der Waals surface area contributed by atoms with Crippen molar-refractivity contribution >= 4 is 23.3 Å². The maximum absolute atomic E-state index is 11.9. The van der Waals surface area contributed by atoms with E-state index in [2.05, 4.69) is 15.5 Å². The number of anilines is 1. The summed E-state index contributed by atoms with van der Waals surface area (Å²) < 4.78 is 5.14. The summed E-state index contributed by atoms with van der Waals surface area (Å²) >= 11 is 5.81. The highest BCUT2D eigenvalue weighted by molar-refractivity contribution is 6.29. The molecule has 0 bridgehead atoms. The van der Waals surface area contributed by atoms with Gasteiger partial charge in [0.1, 0.15) is 0 Å². The summed E-state index contributed by atoms with van der Waals surface area (Å²) in [5.74, 6) is -0.214. The minimum absolute atomic E-state index is 0.0769. The third-order valence-electron chi connectivity index (χ3n) is 3.33. The molecular formula is C13H18ClN3O2. The predicted molar refractivity (Wildman–Crippen MR) is 73.0 cm³/mol. The first kappa shape index (κ1) is 14.1. The lowest BCUT2D eigenvalue weighted by Crippen LogP contribution is -2.38. The summed E-state index contributed by atoms with van der Waals surface area (Å²) in [7, 11) is 0. The number of nitrogens with one attached hydrogen (secondary N) is 1. The van der Waals surface area contributed by atoms with Crippen molar-refractivity contribution in [3.8, 4) is 0 Å². The van der Waals surface area contributed by atoms with Crippen LogP contribution in [0.1, 0.15) is 32.6 Å². The third-order valence-corrected chi connectivity index (χ3v) is 3.52. The van der Waals surface area contributed by atoms with Crippen molar-refractivity contribution in [2.45, 2.75) is 38.6 Å². The normalized spacial score (nSPS) is 22.8. The van der Waals surface area contributed by atoms with E-state index in [1.54, 1.807) is 12.3 Å². The number of nitrogens with zero attached hydrogens (tertiary/aromatic N) is 2. The molecule has 0 aliphatic heterocycles. The van der Waals surface area contributed by atoms with Gasteiger partial charge in [0.25, 0.3) is 0 Å². The molecule has 0 radical (unpaired) electrons. The van der Waals surface area contributed by atoms with Crippen LogP contribution in [0.4, 0.5) is 5.69 Å². The van der Waals surface area contributed by atoms with Crippen LogP contribution in [0.15, 0.2) is 12.3 Å². The highest BCUT2D eigenvalue weighted by Gasteiger charge is 2.32. The Balaban J connectivity index is 2.05. The van der Waals surface area contributed by atoms with Crippen molar-refractivity contribution in [1.29, 1.82) is 0 Å². The fourth-order valence-electron chi connectivity index (χ4n) is 2.47. The molecule has 1 aromatic heterocycles. The molecule has 2 rings (SSSR count). The number of carbonyl (C=O) groups excluding carboxylic acids is 1. The van der Waals surface area contributed by atoms with Crippen molar-refractivity contribution in [2.24, 2.45) is 5.92 Å². The number of hydrogen-bond acceptors (Lipinski definition) is 5. The lowest BCUT2D eigenvalue weighted by atomic mass is 9.84. The molecular weight excluding hydrogens is 266 g/mol. The second-order valence-corrected chi connectivity index (χ2v) is 5.05. The van der Waals surface area contributed by atoms with E-state index < -0.39 is 0 Å². The zero-order chi connectivity index (χ0) is 13.7. The van der Waals surface area contributed by atoms with Gasteiger partial charge in [-0.1, -0.05) is 24.4 Å². The standard InChI is InChI=1S/C13H18ClN3O2/c1-2-19-13(18)10-5-3-4-6-11(10)16-9-7-12(14)17-15-8-9/h7-8,10-11H,2-6H2,1H3,(H,16,17)/t10-,11+/m1/s1. The first-order valence-corrected chi connectivity index (χ1v) is 7.00. The lowest BCUT2D eigenvalue weighted by molar-refractivity contribution is -0.149. The number of halogens is 1. The van der Waals surface area contributed by atoms with Gasteiger partial charge >= 0.3 is 5.97 Å². The Morgan fingerprint density at radius 1 is 1.53 bits per heavy atom. The SMILES string of the molecule is CCOC(=O)[C@@H]1CCCC[C@@H]1Nc1cnnc(Cl)c1. The quantitative estimate of drug-likeness (QED) is 0.861. The van der Waals surface area contributed by atoms with Crippen LogP contribution in [0.2, 0.25) is 5.15 Å². The van der Waals surface area contributed by atoms with E-state index in [4.69, 9.17) is 16.3 Å². The van der Waals surface area contributed by atoms with Gasteiger partial charge in [0, 0.05) is 12.1 Å². The maximum Gasteiger partial charge on any atom is 0.311 e. The number of ether oxygens (including phenoxy) is 1. The average Bonchev–Trinajstić information content (AvgIpc) is 2.39. The summed E-state index contributed by atoms with van der Waals surface area (Å²) in [6.45, 7) is 2.25. The molecule has 1 aliphatic carbocycles. The van der Waals surface area contributed by atoms with E-state index in [1.165, 1.54) is 0 Å². The molecule has 1 aromatic rings. The van der Waals surface area contributed by atoms with Crippen LogP contribution >= 0.6 is 11.6 Å². The van der Waals surface area contributed by atoms with Gasteiger partial charge in [0.05, 0.1) is 24.4 Å². The molecule has 1 saturated carbocycles. The van der Waals surface area contributed by atoms with Crippen molar-refractivity contribution < 1.29 is 9.53 Å². The number of rotatable bonds is 4. The molecule has 1 fully saturated rings. The molecule has 2 atom stereocenters. The second kappa shape index (κ2) is 6.70. The molecule has 0 spiro atoms. The number of aromatic nitrogens is 2. The Morgan fingerprint density at radius 2 is 2.32 bits per heavy atom. The lowest BCUT2D eigenvalue weighted by Gasteiger charge is -2.31. The summed E-state index contributed by atoms with van der Waals surface area (Å²) in [4.78, 5) is 11.9. The minimum Gasteiger partial charge on any atom is -0.466 e. The Bertz CT molecular complexity index is 442. The summed E-state index contributed by atoms with van der Waals surface area (Å²) in [6, 6.07) is 1.79. The van der Waals surface area contributed by atoms with Crippen molar-refractivity contribution in [3.05, 3.63) is 17.4 Å². The molecule has 1 aliphatic rings. The van der Waals surface area contributed by atoms with Gasteiger partial charge in [-0.15, -0.1) is 5.10 Å². The van der Waals surface area contributed by atoms with Gasteiger partial charge in [-0.2, -0.15) is 5.10 Å².